The summed E-state index contributed by atoms with van der Waals surface area (Å²) >= 11 is 0. The maximum Gasteiger partial charge on any atom is 0.321 e. The lowest BCUT2D eigenvalue weighted by Gasteiger charge is -2.11. The molecule has 0 amide bonds. The Morgan fingerprint density at radius 1 is 1.11 bits per heavy atom. The monoisotopic (exact) mass is 248 g/mol. The molecule has 0 saturated heterocycles. The predicted molar refractivity (Wildman–Crippen MR) is 67.1 cm³/mol. The van der Waals surface area contributed by atoms with Gasteiger partial charge in [0.1, 0.15) is 0 Å². The van der Waals surface area contributed by atoms with Gasteiger partial charge in [0.05, 0.1) is 0 Å². The molecule has 0 saturated carbocycles. The maximum absolute atomic E-state index is 11.6. The van der Waals surface area contributed by atoms with Crippen molar-refractivity contribution in [2.24, 2.45) is 5.92 Å². The van der Waals surface area contributed by atoms with Crippen LogP contribution in [0.2, 0.25) is 0 Å². The highest BCUT2D eigenvalue weighted by atomic mass is 16.6. The van der Waals surface area contributed by atoms with Gasteiger partial charge < -0.3 is 9.47 Å². The van der Waals surface area contributed by atoms with E-state index in [2.05, 4.69) is 30.3 Å². The van der Waals surface area contributed by atoms with Crippen LogP contribution in [-0.2, 0) is 19.1 Å². The molecule has 0 heterocycles. The molecule has 96 valence electrons. The molecule has 0 radical (unpaired) electrons. The number of hydrogen-bond donors (Lipinski definition) is 0. The summed E-state index contributed by atoms with van der Waals surface area (Å²) < 4.78 is 9.65. The van der Waals surface area contributed by atoms with E-state index >= 15 is 0 Å². The fourth-order valence-electron chi connectivity index (χ4n) is 1.02. The van der Waals surface area contributed by atoms with Gasteiger partial charge in [0, 0.05) is 0 Å². The van der Waals surface area contributed by atoms with Crippen LogP contribution in [0.1, 0.15) is 20.3 Å². The number of carbonyl (C=O) groups is 2. The first-order chi connectivity index (χ1) is 8.67. The number of hydrogen-bond acceptors (Lipinski definition) is 4. The smallest absolute Gasteiger partial charge is 0.321 e. The highest BCUT2D eigenvalue weighted by Crippen LogP contribution is 2.09. The second-order valence-electron chi connectivity index (χ2n) is 3.15. The number of rotatable bonds is 6. The molecule has 0 aromatic carbocycles. The number of allylic oxidation sites excluding steroid dienone is 1. The summed E-state index contributed by atoms with van der Waals surface area (Å²) in [6, 6.07) is 0. The second-order valence-corrected chi connectivity index (χ2v) is 3.15. The Labute approximate surface area is 107 Å². The lowest BCUT2D eigenvalue weighted by molar-refractivity contribution is -0.160. The van der Waals surface area contributed by atoms with Crippen molar-refractivity contribution in [1.29, 1.82) is 0 Å². The predicted octanol–water partition coefficient (Wildman–Crippen LogP) is 1.31. The van der Waals surface area contributed by atoms with Crippen LogP contribution in [0, 0.1) is 29.6 Å². The zero-order valence-corrected chi connectivity index (χ0v) is 10.6. The van der Waals surface area contributed by atoms with Gasteiger partial charge in [-0.1, -0.05) is 17.9 Å². The Hall–Kier alpha value is -2.20. The fourth-order valence-corrected chi connectivity index (χ4v) is 1.02. The first-order valence-corrected chi connectivity index (χ1v) is 5.40. The largest absolute Gasteiger partial charge is 0.452 e. The molecule has 0 spiro atoms. The normalized spacial score (nSPS) is 8.39. The molecule has 0 rings (SSSR count). The topological polar surface area (TPSA) is 52.6 Å². The highest BCUT2D eigenvalue weighted by molar-refractivity contribution is 5.95. The molecule has 0 aromatic heterocycles. The van der Waals surface area contributed by atoms with Gasteiger partial charge in [-0.2, -0.15) is 0 Å². The summed E-state index contributed by atoms with van der Waals surface area (Å²) in [5, 5.41) is 0. The van der Waals surface area contributed by atoms with E-state index in [1.807, 2.05) is 0 Å². The van der Waals surface area contributed by atoms with Crippen molar-refractivity contribution in [2.75, 3.05) is 13.2 Å². The molecule has 0 aliphatic carbocycles. The fraction of sp³-hybridized carbons (Fsp3) is 0.429. The molecule has 4 heteroatoms. The molecular formula is C14H16O4. The third-order valence-corrected chi connectivity index (χ3v) is 1.90. The molecule has 4 nitrogen and oxygen atoms in total. The van der Waals surface area contributed by atoms with Crippen molar-refractivity contribution in [3.05, 3.63) is 12.7 Å². The minimum absolute atomic E-state index is 0.0367. The van der Waals surface area contributed by atoms with Gasteiger partial charge in [0.2, 0.25) is 0 Å². The first kappa shape index (κ1) is 15.8. The van der Waals surface area contributed by atoms with E-state index in [0.29, 0.717) is 0 Å². The van der Waals surface area contributed by atoms with Gasteiger partial charge >= 0.3 is 11.9 Å². The molecule has 0 bridgehead atoms. The van der Waals surface area contributed by atoms with Crippen LogP contribution in [0.3, 0.4) is 0 Å². The molecule has 18 heavy (non-hydrogen) atoms. The van der Waals surface area contributed by atoms with Crippen molar-refractivity contribution in [2.45, 2.75) is 20.3 Å². The van der Waals surface area contributed by atoms with Crippen LogP contribution in [0.4, 0.5) is 0 Å². The van der Waals surface area contributed by atoms with Crippen molar-refractivity contribution in [3.8, 4) is 23.7 Å². The standard InChI is InChI=1S/C14H16O4/c1-4-7-10-17-13(15)12(9-6-3)14(16)18-11-8-5-2/h6,12H,3,9-11H2,1-2H3. The van der Waals surface area contributed by atoms with E-state index in [4.69, 9.17) is 9.47 Å². The van der Waals surface area contributed by atoms with E-state index in [0.717, 1.165) is 0 Å². The Bertz CT molecular complexity index is 379. The van der Waals surface area contributed by atoms with Gasteiger partial charge in [-0.05, 0) is 20.3 Å². The minimum atomic E-state index is -1.00. The van der Waals surface area contributed by atoms with E-state index in [9.17, 15) is 9.59 Å². The van der Waals surface area contributed by atoms with Crippen LogP contribution < -0.4 is 0 Å². The van der Waals surface area contributed by atoms with E-state index in [1.54, 1.807) is 13.8 Å². The molecule has 0 atom stereocenters. The molecule has 0 fully saturated rings. The quantitative estimate of drug-likeness (QED) is 0.308. The Morgan fingerprint density at radius 2 is 1.56 bits per heavy atom. The summed E-state index contributed by atoms with van der Waals surface area (Å²) in [7, 11) is 0. The van der Waals surface area contributed by atoms with Crippen LogP contribution >= 0.6 is 0 Å². The Kier molecular flexibility index (Phi) is 8.77. The van der Waals surface area contributed by atoms with Crippen LogP contribution in [-0.4, -0.2) is 25.2 Å². The van der Waals surface area contributed by atoms with E-state index in [1.165, 1.54) is 6.08 Å². The summed E-state index contributed by atoms with van der Waals surface area (Å²) in [4.78, 5) is 23.2. The Balaban J connectivity index is 4.44. The third-order valence-electron chi connectivity index (χ3n) is 1.90. The summed E-state index contributed by atoms with van der Waals surface area (Å²) in [6.45, 7) is 6.68. The SMILES string of the molecule is C=CCC(C(=O)OCC#CC)C(=O)OCC#CC. The van der Waals surface area contributed by atoms with E-state index in [-0.39, 0.29) is 19.6 Å². The minimum Gasteiger partial charge on any atom is -0.452 e. The molecule has 0 aliphatic heterocycles. The molecule has 0 unspecified atom stereocenters. The zero-order valence-electron chi connectivity index (χ0n) is 10.6. The summed E-state index contributed by atoms with van der Waals surface area (Å²) in [5.74, 6) is 7.99. The van der Waals surface area contributed by atoms with Crippen molar-refractivity contribution in [3.63, 3.8) is 0 Å². The average Bonchev–Trinajstić information content (AvgIpc) is 2.36. The van der Waals surface area contributed by atoms with Gasteiger partial charge in [-0.25, -0.2) is 0 Å². The molecule has 0 aliphatic rings. The number of carbonyl (C=O) groups excluding carboxylic acids is 2. The molecular weight excluding hydrogens is 232 g/mol. The Morgan fingerprint density at radius 3 is 1.89 bits per heavy atom. The average molecular weight is 248 g/mol. The lowest BCUT2D eigenvalue weighted by Crippen LogP contribution is -2.28. The third kappa shape index (κ3) is 6.40. The van der Waals surface area contributed by atoms with Crippen LogP contribution in [0.5, 0.6) is 0 Å². The van der Waals surface area contributed by atoms with Crippen LogP contribution in [0.15, 0.2) is 12.7 Å². The highest BCUT2D eigenvalue weighted by Gasteiger charge is 2.28. The van der Waals surface area contributed by atoms with Gasteiger partial charge in [0.15, 0.2) is 19.1 Å². The summed E-state index contributed by atoms with van der Waals surface area (Å²) in [5.41, 5.74) is 0. The van der Waals surface area contributed by atoms with Crippen molar-refractivity contribution in [1.82, 2.24) is 0 Å². The molecule has 0 N–H and O–H groups in total. The zero-order chi connectivity index (χ0) is 13.8. The van der Waals surface area contributed by atoms with Gasteiger partial charge in [-0.15, -0.1) is 18.4 Å². The van der Waals surface area contributed by atoms with Gasteiger partial charge in [-0.3, -0.25) is 9.59 Å². The maximum atomic E-state index is 11.6. The lowest BCUT2D eigenvalue weighted by atomic mass is 10.1. The number of ether oxygens (including phenoxy) is 2. The van der Waals surface area contributed by atoms with E-state index < -0.39 is 17.9 Å². The van der Waals surface area contributed by atoms with Gasteiger partial charge in [0.25, 0.3) is 0 Å². The number of esters is 2. The van der Waals surface area contributed by atoms with Crippen molar-refractivity contribution >= 4 is 11.9 Å². The first-order valence-electron chi connectivity index (χ1n) is 5.40. The van der Waals surface area contributed by atoms with Crippen molar-refractivity contribution < 1.29 is 19.1 Å². The van der Waals surface area contributed by atoms with Crippen LogP contribution in [0.25, 0.3) is 0 Å². The molecule has 0 aromatic rings. The second kappa shape index (κ2) is 9.99. The summed E-state index contributed by atoms with van der Waals surface area (Å²) in [6.07, 6.45) is 1.63.